The van der Waals surface area contributed by atoms with Gasteiger partial charge in [0.2, 0.25) is 15.9 Å². The first kappa shape index (κ1) is 20.7. The number of hydrogen-bond acceptors (Lipinski definition) is 4. The molecule has 146 valence electrons. The van der Waals surface area contributed by atoms with Crippen LogP contribution in [0.2, 0.25) is 0 Å². The number of benzene rings is 2. The summed E-state index contributed by atoms with van der Waals surface area (Å²) in [6, 6.07) is 9.59. The van der Waals surface area contributed by atoms with Gasteiger partial charge in [0.05, 0.1) is 24.7 Å². The average molecular weight is 394 g/mol. The fourth-order valence-electron chi connectivity index (χ4n) is 2.80. The van der Waals surface area contributed by atoms with E-state index >= 15 is 0 Å². The minimum absolute atomic E-state index is 0.154. The molecule has 0 aliphatic carbocycles. The third-order valence-electron chi connectivity index (χ3n) is 4.03. The van der Waals surface area contributed by atoms with E-state index in [4.69, 9.17) is 4.74 Å². The predicted octanol–water partition coefficient (Wildman–Crippen LogP) is 3.33. The van der Waals surface area contributed by atoms with Gasteiger partial charge in [-0.25, -0.2) is 12.8 Å². The van der Waals surface area contributed by atoms with Crippen LogP contribution in [0.25, 0.3) is 0 Å². The van der Waals surface area contributed by atoms with Crippen molar-refractivity contribution in [3.63, 3.8) is 0 Å². The largest absolute Gasteiger partial charge is 0.495 e. The summed E-state index contributed by atoms with van der Waals surface area (Å²) in [7, 11) is -2.44. The molecule has 6 nitrogen and oxygen atoms in total. The molecule has 2 aromatic carbocycles. The predicted molar refractivity (Wildman–Crippen MR) is 104 cm³/mol. The summed E-state index contributed by atoms with van der Waals surface area (Å²) in [5, 5.41) is 2.70. The normalized spacial score (nSPS) is 12.3. The van der Waals surface area contributed by atoms with Gasteiger partial charge in [-0.3, -0.25) is 9.10 Å². The molecule has 0 heterocycles. The van der Waals surface area contributed by atoms with Crippen LogP contribution in [0.15, 0.2) is 42.5 Å². The van der Waals surface area contributed by atoms with Crippen LogP contribution in [0.5, 0.6) is 5.75 Å². The maximum atomic E-state index is 14.3. The molecule has 0 unspecified atom stereocenters. The second-order valence-corrected chi connectivity index (χ2v) is 7.99. The first-order valence-corrected chi connectivity index (χ1v) is 10.2. The number of methoxy groups -OCH3 is 1. The highest BCUT2D eigenvalue weighted by molar-refractivity contribution is 7.92. The van der Waals surface area contributed by atoms with E-state index < -0.39 is 27.8 Å². The Balaban J connectivity index is 2.44. The van der Waals surface area contributed by atoms with E-state index in [1.54, 1.807) is 19.1 Å². The van der Waals surface area contributed by atoms with Gasteiger partial charge in [-0.1, -0.05) is 25.1 Å². The summed E-state index contributed by atoms with van der Waals surface area (Å²) in [6.45, 7) is 3.52. The van der Waals surface area contributed by atoms with Gasteiger partial charge < -0.3 is 10.1 Å². The molecular formula is C19H23FN2O4S. The molecule has 0 radical (unpaired) electrons. The van der Waals surface area contributed by atoms with Crippen molar-refractivity contribution in [1.29, 1.82) is 0 Å². The Labute approximate surface area is 159 Å². The van der Waals surface area contributed by atoms with Crippen molar-refractivity contribution in [2.24, 2.45) is 0 Å². The number of carbonyl (C=O) groups is 1. The lowest BCUT2D eigenvalue weighted by Crippen LogP contribution is -2.47. The van der Waals surface area contributed by atoms with Crippen LogP contribution in [0.4, 0.5) is 15.8 Å². The second kappa shape index (κ2) is 8.39. The van der Waals surface area contributed by atoms with Crippen LogP contribution in [-0.4, -0.2) is 33.7 Å². The summed E-state index contributed by atoms with van der Waals surface area (Å²) in [4.78, 5) is 12.9. The molecule has 0 saturated heterocycles. The van der Waals surface area contributed by atoms with Crippen LogP contribution in [0.3, 0.4) is 0 Å². The lowest BCUT2D eigenvalue weighted by atomic mass is 10.1. The van der Waals surface area contributed by atoms with Crippen molar-refractivity contribution in [3.05, 3.63) is 53.8 Å². The quantitative estimate of drug-likeness (QED) is 0.782. The van der Waals surface area contributed by atoms with Crippen molar-refractivity contribution in [3.8, 4) is 5.75 Å². The van der Waals surface area contributed by atoms with E-state index in [1.807, 2.05) is 13.0 Å². The third-order valence-corrected chi connectivity index (χ3v) is 5.20. The summed E-state index contributed by atoms with van der Waals surface area (Å²) in [5.41, 5.74) is 1.15. The van der Waals surface area contributed by atoms with Gasteiger partial charge in [-0.2, -0.15) is 0 Å². The number of nitrogens with zero attached hydrogens (tertiary/aromatic N) is 1. The number of sulfonamides is 1. The number of amides is 1. The maximum absolute atomic E-state index is 14.3. The second-order valence-electron chi connectivity index (χ2n) is 6.13. The number of rotatable bonds is 7. The molecular weight excluding hydrogens is 371 g/mol. The molecule has 2 aromatic rings. The molecule has 1 N–H and O–H groups in total. The molecule has 0 spiro atoms. The van der Waals surface area contributed by atoms with Gasteiger partial charge in [0.25, 0.3) is 0 Å². The Hall–Kier alpha value is -2.61. The zero-order valence-electron chi connectivity index (χ0n) is 15.7. The monoisotopic (exact) mass is 394 g/mol. The zero-order valence-corrected chi connectivity index (χ0v) is 16.5. The van der Waals surface area contributed by atoms with E-state index in [-0.39, 0.29) is 12.1 Å². The molecule has 27 heavy (non-hydrogen) atoms. The van der Waals surface area contributed by atoms with Crippen LogP contribution < -0.4 is 14.4 Å². The number of anilines is 2. The topological polar surface area (TPSA) is 75.7 Å². The van der Waals surface area contributed by atoms with Crippen molar-refractivity contribution in [2.45, 2.75) is 26.3 Å². The fourth-order valence-corrected chi connectivity index (χ4v) is 4.01. The highest BCUT2D eigenvalue weighted by atomic mass is 32.2. The van der Waals surface area contributed by atoms with Crippen LogP contribution in [0, 0.1) is 12.7 Å². The van der Waals surface area contributed by atoms with Crippen LogP contribution in [-0.2, 0) is 14.8 Å². The Morgan fingerprint density at radius 1 is 1.26 bits per heavy atom. The maximum Gasteiger partial charge on any atom is 0.248 e. The van der Waals surface area contributed by atoms with E-state index in [2.05, 4.69) is 5.32 Å². The van der Waals surface area contributed by atoms with Gasteiger partial charge in [0.15, 0.2) is 0 Å². The SMILES string of the molecule is CC[C@H](C(=O)Nc1cc(C)ccc1OC)N(c1ccccc1F)S(C)(=O)=O. The molecule has 0 aliphatic rings. The number of carbonyl (C=O) groups excluding carboxylic acids is 1. The van der Waals surface area contributed by atoms with Gasteiger partial charge in [-0.15, -0.1) is 0 Å². The summed E-state index contributed by atoms with van der Waals surface area (Å²) in [6.07, 6.45) is 1.10. The molecule has 0 aliphatic heterocycles. The number of halogens is 1. The fraction of sp³-hybridized carbons (Fsp3) is 0.316. The summed E-state index contributed by atoms with van der Waals surface area (Å²) in [5.74, 6) is -0.849. The minimum Gasteiger partial charge on any atom is -0.495 e. The van der Waals surface area contributed by atoms with Gasteiger partial charge in [-0.05, 0) is 43.2 Å². The van der Waals surface area contributed by atoms with E-state index in [0.29, 0.717) is 11.4 Å². The molecule has 1 atom stereocenters. The minimum atomic E-state index is -3.91. The molecule has 0 saturated carbocycles. The van der Waals surface area contributed by atoms with Crippen LogP contribution in [0.1, 0.15) is 18.9 Å². The zero-order chi connectivity index (χ0) is 20.2. The Morgan fingerprint density at radius 2 is 1.93 bits per heavy atom. The molecule has 8 heteroatoms. The number of nitrogens with one attached hydrogen (secondary N) is 1. The van der Waals surface area contributed by atoms with Gasteiger partial charge >= 0.3 is 0 Å². The average Bonchev–Trinajstić information content (AvgIpc) is 2.59. The lowest BCUT2D eigenvalue weighted by molar-refractivity contribution is -0.117. The summed E-state index contributed by atoms with van der Waals surface area (Å²) >= 11 is 0. The Morgan fingerprint density at radius 3 is 2.48 bits per heavy atom. The van der Waals surface area contributed by atoms with E-state index in [9.17, 15) is 17.6 Å². The highest BCUT2D eigenvalue weighted by Gasteiger charge is 2.33. The lowest BCUT2D eigenvalue weighted by Gasteiger charge is -2.30. The smallest absolute Gasteiger partial charge is 0.248 e. The number of hydrogen-bond donors (Lipinski definition) is 1. The molecule has 0 bridgehead atoms. The van der Waals surface area contributed by atoms with E-state index in [0.717, 1.165) is 22.2 Å². The number of para-hydroxylation sites is 1. The Bertz CT molecular complexity index is 931. The third kappa shape index (κ3) is 4.77. The van der Waals surface area contributed by atoms with Gasteiger partial charge in [0.1, 0.15) is 17.6 Å². The van der Waals surface area contributed by atoms with Crippen molar-refractivity contribution in [1.82, 2.24) is 0 Å². The van der Waals surface area contributed by atoms with Crippen molar-refractivity contribution in [2.75, 3.05) is 23.0 Å². The van der Waals surface area contributed by atoms with Crippen molar-refractivity contribution >= 4 is 27.3 Å². The number of aryl methyl sites for hydroxylation is 1. The highest BCUT2D eigenvalue weighted by Crippen LogP contribution is 2.28. The molecule has 1 amide bonds. The van der Waals surface area contributed by atoms with Gasteiger partial charge in [0, 0.05) is 0 Å². The summed E-state index contributed by atoms with van der Waals surface area (Å²) < 4.78 is 45.1. The molecule has 0 aromatic heterocycles. The molecule has 2 rings (SSSR count). The molecule has 0 fully saturated rings. The first-order valence-electron chi connectivity index (χ1n) is 8.38. The van der Waals surface area contributed by atoms with Crippen molar-refractivity contribution < 1.29 is 22.3 Å². The number of ether oxygens (including phenoxy) is 1. The standard InChI is InChI=1S/C19H23FN2O4S/c1-5-16(19(23)21-15-12-13(2)10-11-18(15)26-3)22(27(4,24)25)17-9-7-6-8-14(17)20/h6-12,16H,5H2,1-4H3,(H,21,23)/t16-/m1/s1. The van der Waals surface area contributed by atoms with E-state index in [1.165, 1.54) is 25.3 Å². The Kier molecular flexibility index (Phi) is 6.43. The van der Waals surface area contributed by atoms with Crippen LogP contribution >= 0.6 is 0 Å². The first-order chi connectivity index (χ1) is 12.7.